The molecule has 0 N–H and O–H groups in total. The van der Waals surface area contributed by atoms with Gasteiger partial charge in [-0.3, -0.25) is 19.4 Å². The number of carbonyl (C=O) groups excluding carboxylic acids is 2. The van der Waals surface area contributed by atoms with Crippen LogP contribution in [0, 0.1) is 0 Å². The Hall–Kier alpha value is -4.23. The number of hydrogen-bond donors (Lipinski definition) is 0. The topological polar surface area (TPSA) is 59.1 Å². The second-order valence-electron chi connectivity index (χ2n) is 7.71. The molecule has 0 aliphatic carbocycles. The zero-order chi connectivity index (χ0) is 24.8. The molecule has 4 rings (SSSR count). The van der Waals surface area contributed by atoms with E-state index in [1.165, 1.54) is 9.80 Å². The van der Waals surface area contributed by atoms with Crippen molar-refractivity contribution >= 4 is 40.9 Å². The van der Waals surface area contributed by atoms with Gasteiger partial charge in [-0.1, -0.05) is 60.7 Å². The molecule has 0 atom stereocenters. The summed E-state index contributed by atoms with van der Waals surface area (Å²) in [5, 5.41) is 0.116. The van der Waals surface area contributed by atoms with Crippen molar-refractivity contribution in [1.29, 1.82) is 0 Å². The summed E-state index contributed by atoms with van der Waals surface area (Å²) in [7, 11) is 1.54. The number of amides is 2. The third kappa shape index (κ3) is 5.15. The van der Waals surface area contributed by atoms with Gasteiger partial charge in [-0.15, -0.1) is 6.58 Å². The Labute approximate surface area is 209 Å². The molecule has 0 bridgehead atoms. The van der Waals surface area contributed by atoms with Crippen molar-refractivity contribution in [3.63, 3.8) is 0 Å². The molecule has 3 aromatic carbocycles. The smallest absolute Gasteiger partial charge is 0.270 e. The molecular formula is C28H24N2O4S. The van der Waals surface area contributed by atoms with Crippen molar-refractivity contribution in [2.24, 2.45) is 0 Å². The van der Waals surface area contributed by atoms with Gasteiger partial charge in [-0.2, -0.15) is 0 Å². The van der Waals surface area contributed by atoms with Crippen LogP contribution < -0.4 is 14.4 Å². The molecule has 0 saturated carbocycles. The number of ether oxygens (including phenoxy) is 2. The number of thiocarbonyl (C=S) groups is 1. The average molecular weight is 485 g/mol. The highest BCUT2D eigenvalue weighted by atomic mass is 32.1. The summed E-state index contributed by atoms with van der Waals surface area (Å²) in [4.78, 5) is 29.4. The van der Waals surface area contributed by atoms with E-state index in [0.29, 0.717) is 29.4 Å². The highest BCUT2D eigenvalue weighted by molar-refractivity contribution is 7.80. The van der Waals surface area contributed by atoms with E-state index >= 15 is 0 Å². The first kappa shape index (κ1) is 23.9. The van der Waals surface area contributed by atoms with Gasteiger partial charge < -0.3 is 9.47 Å². The maximum atomic E-state index is 13.4. The van der Waals surface area contributed by atoms with Gasteiger partial charge in [0, 0.05) is 6.54 Å². The van der Waals surface area contributed by atoms with E-state index in [-0.39, 0.29) is 17.2 Å². The van der Waals surface area contributed by atoms with Crippen molar-refractivity contribution in [2.75, 3.05) is 18.6 Å². The standard InChI is InChI=1S/C28H24N2O4S/c1-3-16-29-26(31)23(27(32)30(28(29)35)22-12-8-5-9-13-22)17-21-14-15-24(25(18-21)33-2)34-19-20-10-6-4-7-11-20/h3-15,17-18H,1,16,19H2,2H3/b23-17+. The molecule has 176 valence electrons. The van der Waals surface area contributed by atoms with E-state index in [1.54, 1.807) is 49.6 Å². The van der Waals surface area contributed by atoms with Crippen LogP contribution in [0.2, 0.25) is 0 Å². The van der Waals surface area contributed by atoms with Crippen molar-refractivity contribution in [1.82, 2.24) is 4.90 Å². The molecule has 0 spiro atoms. The molecule has 2 amide bonds. The number of anilines is 1. The number of benzene rings is 3. The van der Waals surface area contributed by atoms with Gasteiger partial charge >= 0.3 is 0 Å². The fraction of sp³-hybridized carbons (Fsp3) is 0.107. The third-order valence-electron chi connectivity index (χ3n) is 5.39. The van der Waals surface area contributed by atoms with Crippen molar-refractivity contribution < 1.29 is 19.1 Å². The molecule has 0 radical (unpaired) electrons. The Kier molecular flexibility index (Phi) is 7.38. The minimum Gasteiger partial charge on any atom is -0.493 e. The lowest BCUT2D eigenvalue weighted by Gasteiger charge is -2.36. The van der Waals surface area contributed by atoms with Crippen LogP contribution in [0.25, 0.3) is 6.08 Å². The fourth-order valence-electron chi connectivity index (χ4n) is 3.67. The lowest BCUT2D eigenvalue weighted by Crippen LogP contribution is -2.56. The van der Waals surface area contributed by atoms with Gasteiger partial charge in [-0.05, 0) is 53.7 Å². The van der Waals surface area contributed by atoms with E-state index < -0.39 is 11.8 Å². The summed E-state index contributed by atoms with van der Waals surface area (Å²) in [6, 6.07) is 24.0. The van der Waals surface area contributed by atoms with Crippen molar-refractivity contribution in [3.05, 3.63) is 108 Å². The van der Waals surface area contributed by atoms with E-state index in [4.69, 9.17) is 21.7 Å². The molecule has 1 aliphatic heterocycles. The predicted molar refractivity (Wildman–Crippen MR) is 140 cm³/mol. The summed E-state index contributed by atoms with van der Waals surface area (Å²) in [5.41, 5.74) is 2.21. The van der Waals surface area contributed by atoms with E-state index in [9.17, 15) is 9.59 Å². The molecular weight excluding hydrogens is 460 g/mol. The second-order valence-corrected chi connectivity index (χ2v) is 8.07. The van der Waals surface area contributed by atoms with Crippen LogP contribution in [0.1, 0.15) is 11.1 Å². The summed E-state index contributed by atoms with van der Waals surface area (Å²) in [6.07, 6.45) is 3.12. The molecule has 1 saturated heterocycles. The van der Waals surface area contributed by atoms with Gasteiger partial charge in [0.05, 0.1) is 12.8 Å². The monoisotopic (exact) mass is 484 g/mol. The summed E-state index contributed by atoms with van der Waals surface area (Å²) in [6.45, 7) is 4.28. The van der Waals surface area contributed by atoms with Crippen LogP contribution in [0.5, 0.6) is 11.5 Å². The zero-order valence-corrected chi connectivity index (χ0v) is 20.0. The average Bonchev–Trinajstić information content (AvgIpc) is 2.89. The molecule has 6 nitrogen and oxygen atoms in total. The van der Waals surface area contributed by atoms with Gasteiger partial charge in [-0.25, -0.2) is 0 Å². The first-order valence-electron chi connectivity index (χ1n) is 11.0. The molecule has 0 aromatic heterocycles. The van der Waals surface area contributed by atoms with Gasteiger partial charge in [0.15, 0.2) is 16.6 Å². The molecule has 3 aromatic rings. The SMILES string of the molecule is C=CCN1C(=O)/C(=C\c2ccc(OCc3ccccc3)c(OC)c2)C(=O)N(c2ccccc2)C1=S. The first-order valence-corrected chi connectivity index (χ1v) is 11.4. The minimum atomic E-state index is -0.491. The molecule has 1 heterocycles. The number of nitrogens with zero attached hydrogens (tertiary/aromatic N) is 2. The number of methoxy groups -OCH3 is 1. The fourth-order valence-corrected chi connectivity index (χ4v) is 4.01. The van der Waals surface area contributed by atoms with E-state index in [2.05, 4.69) is 6.58 Å². The largest absolute Gasteiger partial charge is 0.493 e. The highest BCUT2D eigenvalue weighted by Gasteiger charge is 2.39. The van der Waals surface area contributed by atoms with Crippen LogP contribution in [0.15, 0.2) is 97.1 Å². The number of para-hydroxylation sites is 1. The first-order chi connectivity index (χ1) is 17.0. The molecule has 1 fully saturated rings. The van der Waals surface area contributed by atoms with Crippen LogP contribution in [0.3, 0.4) is 0 Å². The second kappa shape index (κ2) is 10.8. The molecule has 1 aliphatic rings. The maximum Gasteiger partial charge on any atom is 0.270 e. The quantitative estimate of drug-likeness (QED) is 0.195. The highest BCUT2D eigenvalue weighted by Crippen LogP contribution is 2.31. The van der Waals surface area contributed by atoms with Crippen LogP contribution in [0.4, 0.5) is 5.69 Å². The van der Waals surface area contributed by atoms with Crippen LogP contribution >= 0.6 is 12.2 Å². The maximum absolute atomic E-state index is 13.4. The lowest BCUT2D eigenvalue weighted by molar-refractivity contribution is -0.127. The minimum absolute atomic E-state index is 0.00990. The van der Waals surface area contributed by atoms with Crippen LogP contribution in [-0.4, -0.2) is 35.5 Å². The van der Waals surface area contributed by atoms with Crippen molar-refractivity contribution in [2.45, 2.75) is 6.61 Å². The predicted octanol–water partition coefficient (Wildman–Crippen LogP) is 5.00. The lowest BCUT2D eigenvalue weighted by atomic mass is 10.1. The zero-order valence-electron chi connectivity index (χ0n) is 19.2. The Morgan fingerprint density at radius 3 is 2.26 bits per heavy atom. The van der Waals surface area contributed by atoms with E-state index in [1.807, 2.05) is 48.5 Å². The van der Waals surface area contributed by atoms with Gasteiger partial charge in [0.25, 0.3) is 11.8 Å². The third-order valence-corrected chi connectivity index (χ3v) is 5.80. The van der Waals surface area contributed by atoms with Crippen molar-refractivity contribution in [3.8, 4) is 11.5 Å². The van der Waals surface area contributed by atoms with E-state index in [0.717, 1.165) is 5.56 Å². The van der Waals surface area contributed by atoms with Crippen LogP contribution in [-0.2, 0) is 16.2 Å². The van der Waals surface area contributed by atoms with Gasteiger partial charge in [0.2, 0.25) is 0 Å². The normalized spacial score (nSPS) is 14.9. The summed E-state index contributed by atoms with van der Waals surface area (Å²) < 4.78 is 11.4. The Morgan fingerprint density at radius 1 is 0.914 bits per heavy atom. The number of carbonyl (C=O) groups is 2. The summed E-state index contributed by atoms with van der Waals surface area (Å²) >= 11 is 5.49. The molecule has 35 heavy (non-hydrogen) atoms. The Balaban J connectivity index is 1.66. The summed E-state index contributed by atoms with van der Waals surface area (Å²) in [5.74, 6) is 0.0786. The number of hydrogen-bond acceptors (Lipinski definition) is 5. The molecule has 7 heteroatoms. The Morgan fingerprint density at radius 2 is 1.60 bits per heavy atom. The molecule has 0 unspecified atom stereocenters. The Bertz CT molecular complexity index is 1290. The van der Waals surface area contributed by atoms with Gasteiger partial charge in [0.1, 0.15) is 12.2 Å². The number of rotatable bonds is 8.